The second kappa shape index (κ2) is 9.25. The number of benzene rings is 1. The maximum atomic E-state index is 12.3. The molecule has 2 heterocycles. The number of hydrogen-bond acceptors (Lipinski definition) is 9. The number of carbonyl (C=O) groups excluding carboxylic acids is 1. The van der Waals surface area contributed by atoms with Gasteiger partial charge in [0.2, 0.25) is 11.9 Å². The smallest absolute Gasteiger partial charge is 0.261 e. The third-order valence-electron chi connectivity index (χ3n) is 4.80. The monoisotopic (exact) mass is 478 g/mol. The number of ether oxygens (including phenoxy) is 1. The largest absolute Gasteiger partial charge is 0.471 e. The van der Waals surface area contributed by atoms with Crippen LogP contribution < -0.4 is 20.4 Å². The summed E-state index contributed by atoms with van der Waals surface area (Å²) in [6, 6.07) is 4.69. The highest BCUT2D eigenvalue weighted by Crippen LogP contribution is 2.33. The summed E-state index contributed by atoms with van der Waals surface area (Å²) in [6.07, 6.45) is 2.69. The number of aromatic nitrogens is 2. The normalized spacial score (nSPS) is 13.8. The Morgan fingerprint density at radius 2 is 1.97 bits per heavy atom. The van der Waals surface area contributed by atoms with Crippen molar-refractivity contribution >= 4 is 62.0 Å². The van der Waals surface area contributed by atoms with E-state index in [0.717, 1.165) is 6.26 Å². The molecule has 1 aliphatic rings. The molecule has 1 amide bonds. The van der Waals surface area contributed by atoms with Gasteiger partial charge in [0, 0.05) is 30.7 Å². The molecule has 1 aromatic carbocycles. The van der Waals surface area contributed by atoms with Crippen LogP contribution in [0.3, 0.4) is 0 Å². The first-order chi connectivity index (χ1) is 15.0. The zero-order valence-corrected chi connectivity index (χ0v) is 20.2. The molecular weight excluding hydrogens is 452 g/mol. The first-order valence-corrected chi connectivity index (χ1v) is 12.3. The Labute approximate surface area is 192 Å². The number of amides is 1. The summed E-state index contributed by atoms with van der Waals surface area (Å²) in [7, 11) is -1.81. The molecule has 2 aromatic rings. The molecule has 2 N–H and O–H groups in total. The molecule has 0 atom stereocenters. The molecule has 172 valence electrons. The van der Waals surface area contributed by atoms with Gasteiger partial charge in [-0.25, -0.2) is 13.4 Å². The van der Waals surface area contributed by atoms with E-state index in [1.807, 2.05) is 18.7 Å². The number of likely N-dealkylation sites (N-methyl/N-ethyl adjacent to an activating group) is 1. The van der Waals surface area contributed by atoms with Crippen molar-refractivity contribution in [1.29, 1.82) is 0 Å². The average molecular weight is 479 g/mol. The predicted molar refractivity (Wildman–Crippen MR) is 129 cm³/mol. The zero-order valence-electron chi connectivity index (χ0n) is 18.5. The summed E-state index contributed by atoms with van der Waals surface area (Å²) < 4.78 is 29.6. The van der Waals surface area contributed by atoms with Crippen LogP contribution in [0, 0.1) is 0 Å². The van der Waals surface area contributed by atoms with Gasteiger partial charge in [-0.3, -0.25) is 4.79 Å². The molecule has 0 aliphatic carbocycles. The van der Waals surface area contributed by atoms with Gasteiger partial charge in [0.1, 0.15) is 5.69 Å². The van der Waals surface area contributed by atoms with E-state index in [4.69, 9.17) is 17.0 Å². The van der Waals surface area contributed by atoms with Crippen molar-refractivity contribution in [2.24, 2.45) is 0 Å². The van der Waals surface area contributed by atoms with Gasteiger partial charge in [0.25, 0.3) is 5.17 Å². The van der Waals surface area contributed by atoms with Crippen LogP contribution in [0.4, 0.5) is 28.8 Å². The minimum atomic E-state index is -3.49. The molecule has 1 aromatic heterocycles. The number of thiocarbonyl (C=S) groups is 1. The minimum Gasteiger partial charge on any atom is -0.471 e. The number of nitrogens with one attached hydrogen (secondary N) is 2. The quantitative estimate of drug-likeness (QED) is 0.600. The van der Waals surface area contributed by atoms with Gasteiger partial charge in [-0.2, -0.15) is 4.98 Å². The first kappa shape index (κ1) is 23.7. The topological polar surface area (TPSA) is 117 Å². The lowest BCUT2D eigenvalue weighted by atomic mass is 10.2. The van der Waals surface area contributed by atoms with Gasteiger partial charge >= 0.3 is 0 Å². The van der Waals surface area contributed by atoms with Gasteiger partial charge in [0.15, 0.2) is 15.7 Å². The highest BCUT2D eigenvalue weighted by atomic mass is 32.2. The molecule has 3 rings (SSSR count). The maximum absolute atomic E-state index is 12.3. The Morgan fingerprint density at radius 3 is 2.59 bits per heavy atom. The number of nitrogens with zero attached hydrogens (tertiary/aromatic N) is 4. The second-order valence-corrected chi connectivity index (χ2v) is 9.95. The molecule has 0 saturated heterocycles. The van der Waals surface area contributed by atoms with E-state index in [1.165, 1.54) is 17.0 Å². The summed E-state index contributed by atoms with van der Waals surface area (Å²) in [5, 5.41) is 6.07. The number of carbonyl (C=O) groups is 1. The molecule has 12 heteroatoms. The van der Waals surface area contributed by atoms with E-state index in [0.29, 0.717) is 29.5 Å². The zero-order chi connectivity index (χ0) is 23.6. The third kappa shape index (κ3) is 5.25. The number of anilines is 5. The SMILES string of the molecule is CCOC(=S)Nc1cc(Nc2ncc3c(n2)N(C(C)C)CC(=O)N3C)cc(S(C)(=O)=O)c1. The van der Waals surface area contributed by atoms with Crippen molar-refractivity contribution in [1.82, 2.24) is 9.97 Å². The van der Waals surface area contributed by atoms with Crippen LogP contribution in [-0.4, -0.2) is 62.0 Å². The van der Waals surface area contributed by atoms with Crippen molar-refractivity contribution < 1.29 is 17.9 Å². The lowest BCUT2D eigenvalue weighted by Crippen LogP contribution is -2.47. The van der Waals surface area contributed by atoms with E-state index in [9.17, 15) is 13.2 Å². The second-order valence-electron chi connectivity index (χ2n) is 7.57. The van der Waals surface area contributed by atoms with Crippen LogP contribution in [-0.2, 0) is 19.4 Å². The van der Waals surface area contributed by atoms with Crippen molar-refractivity contribution in [2.75, 3.05) is 46.9 Å². The number of sulfone groups is 1. The van der Waals surface area contributed by atoms with Gasteiger partial charge < -0.3 is 25.2 Å². The van der Waals surface area contributed by atoms with Crippen molar-refractivity contribution in [2.45, 2.75) is 31.7 Å². The summed E-state index contributed by atoms with van der Waals surface area (Å²) >= 11 is 5.10. The van der Waals surface area contributed by atoms with Crippen molar-refractivity contribution in [3.05, 3.63) is 24.4 Å². The maximum Gasteiger partial charge on any atom is 0.261 e. The van der Waals surface area contributed by atoms with Crippen LogP contribution in [0.15, 0.2) is 29.3 Å². The van der Waals surface area contributed by atoms with E-state index < -0.39 is 9.84 Å². The molecule has 0 radical (unpaired) electrons. The highest BCUT2D eigenvalue weighted by molar-refractivity contribution is 7.90. The summed E-state index contributed by atoms with van der Waals surface area (Å²) in [5.74, 6) is 0.841. The van der Waals surface area contributed by atoms with E-state index >= 15 is 0 Å². The van der Waals surface area contributed by atoms with Crippen LogP contribution in [0.5, 0.6) is 0 Å². The van der Waals surface area contributed by atoms with Crippen molar-refractivity contribution in [3.8, 4) is 0 Å². The fourth-order valence-electron chi connectivity index (χ4n) is 3.13. The minimum absolute atomic E-state index is 0.0441. The molecule has 10 nitrogen and oxygen atoms in total. The summed E-state index contributed by atoms with van der Waals surface area (Å²) in [4.78, 5) is 24.7. The van der Waals surface area contributed by atoms with Gasteiger partial charge in [-0.05, 0) is 51.2 Å². The highest BCUT2D eigenvalue weighted by Gasteiger charge is 2.30. The Morgan fingerprint density at radius 1 is 1.28 bits per heavy atom. The molecule has 1 aliphatic heterocycles. The summed E-state index contributed by atoms with van der Waals surface area (Å²) in [6.45, 7) is 6.35. The van der Waals surface area contributed by atoms with Crippen molar-refractivity contribution in [3.63, 3.8) is 0 Å². The molecule has 0 unspecified atom stereocenters. The van der Waals surface area contributed by atoms with Crippen LogP contribution in [0.2, 0.25) is 0 Å². The van der Waals surface area contributed by atoms with E-state index in [2.05, 4.69) is 20.6 Å². The Hall–Kier alpha value is -2.99. The Balaban J connectivity index is 1.98. The molecule has 0 bridgehead atoms. The Bertz CT molecular complexity index is 1150. The standard InChI is InChI=1S/C20H26N6O4S2/c1-6-30-20(31)23-14-7-13(8-15(9-14)32(5,28)29)22-19-21-10-16-18(24-19)26(12(2)3)11-17(27)25(16)4/h7-10,12H,6,11H2,1-5H3,(H,23,31)(H,21,22,24). The van der Waals surface area contributed by atoms with Crippen LogP contribution >= 0.6 is 12.2 Å². The van der Waals surface area contributed by atoms with Gasteiger partial charge in [-0.15, -0.1) is 0 Å². The number of hydrogen-bond donors (Lipinski definition) is 2. The van der Waals surface area contributed by atoms with E-state index in [1.54, 1.807) is 26.2 Å². The lowest BCUT2D eigenvalue weighted by molar-refractivity contribution is -0.117. The average Bonchev–Trinajstić information content (AvgIpc) is 2.69. The molecule has 0 fully saturated rings. The molecule has 0 saturated carbocycles. The third-order valence-corrected chi connectivity index (χ3v) is 6.11. The number of rotatable bonds is 6. The lowest BCUT2D eigenvalue weighted by Gasteiger charge is -2.36. The van der Waals surface area contributed by atoms with E-state index in [-0.39, 0.29) is 34.5 Å². The fraction of sp³-hybridized carbons (Fsp3) is 0.400. The number of fused-ring (bicyclic) bond motifs is 1. The van der Waals surface area contributed by atoms with Gasteiger partial charge in [0.05, 0.1) is 24.2 Å². The summed E-state index contributed by atoms with van der Waals surface area (Å²) in [5.41, 5.74) is 1.50. The fourth-order valence-corrected chi connectivity index (χ4v) is 4.05. The molecular formula is C20H26N6O4S2. The molecule has 32 heavy (non-hydrogen) atoms. The van der Waals surface area contributed by atoms with Crippen LogP contribution in [0.25, 0.3) is 0 Å². The molecule has 0 spiro atoms. The van der Waals surface area contributed by atoms with Gasteiger partial charge in [-0.1, -0.05) is 0 Å². The van der Waals surface area contributed by atoms with Crippen LogP contribution in [0.1, 0.15) is 20.8 Å². The first-order valence-electron chi connectivity index (χ1n) is 9.95. The Kier molecular flexibility index (Phi) is 6.84. The predicted octanol–water partition coefficient (Wildman–Crippen LogP) is 2.55.